The van der Waals surface area contributed by atoms with Gasteiger partial charge in [0, 0.05) is 62.2 Å². The van der Waals surface area contributed by atoms with Crippen molar-refractivity contribution in [3.63, 3.8) is 0 Å². The van der Waals surface area contributed by atoms with Gasteiger partial charge < -0.3 is 38.7 Å². The molecule has 0 fully saturated rings. The summed E-state index contributed by atoms with van der Waals surface area (Å²) in [6, 6.07) is 36.6. The summed E-state index contributed by atoms with van der Waals surface area (Å²) in [5.74, 6) is 0.233. The van der Waals surface area contributed by atoms with Crippen molar-refractivity contribution in [2.75, 3.05) is 26.4 Å². The number of carbonyl (C=O) groups is 2. The number of rotatable bonds is 22. The summed E-state index contributed by atoms with van der Waals surface area (Å²) in [7, 11) is 0. The number of hydrogen-bond donors (Lipinski definition) is 0. The Labute approximate surface area is 408 Å². The van der Waals surface area contributed by atoms with Crippen LogP contribution < -0.4 is 30.8 Å². The molecule has 2 unspecified atom stereocenters. The molecule has 0 aliphatic carbocycles. The van der Waals surface area contributed by atoms with Gasteiger partial charge >= 0.3 is 37.7 Å². The van der Waals surface area contributed by atoms with Crippen molar-refractivity contribution in [1.29, 1.82) is 0 Å². The van der Waals surface area contributed by atoms with E-state index < -0.39 is 24.1 Å². The second-order valence-corrected chi connectivity index (χ2v) is 14.5. The van der Waals surface area contributed by atoms with Crippen molar-refractivity contribution >= 4 is 49.7 Å². The summed E-state index contributed by atoms with van der Waals surface area (Å²) in [6.45, 7) is 9.40. The molecule has 0 aliphatic rings. The molecule has 0 saturated heterocycles. The van der Waals surface area contributed by atoms with E-state index in [1.807, 2.05) is 74.5 Å². The fraction of sp³-hybridized carbons (Fsp3) is 0.320. The SMILES string of the molecule is CCOC(Cc1ccc(OCCn2c(CC)nc(-c3ccccc3)cc2=O)cc1)C(=O)[O-].CCOC(Cc1ccc(OCCn2c(CC)nc(-c3ccccc3)cc2=O)cc1)C(=O)[O-].[Ca+2]. The van der Waals surface area contributed by atoms with Crippen LogP contribution in [0.1, 0.15) is 50.5 Å². The molecule has 65 heavy (non-hydrogen) atoms. The molecule has 2 heterocycles. The van der Waals surface area contributed by atoms with Gasteiger partial charge in [0.25, 0.3) is 11.1 Å². The second kappa shape index (κ2) is 27.0. The van der Waals surface area contributed by atoms with E-state index in [-0.39, 0.29) is 61.7 Å². The van der Waals surface area contributed by atoms with Gasteiger partial charge in [-0.3, -0.25) is 18.7 Å². The third kappa shape index (κ3) is 15.8. The zero-order chi connectivity index (χ0) is 45.8. The molecular formula is C50H54CaN4O10. The number of aryl methyl sites for hydroxylation is 2. The van der Waals surface area contributed by atoms with E-state index in [9.17, 15) is 29.4 Å². The first-order valence-electron chi connectivity index (χ1n) is 21.4. The number of hydrogen-bond acceptors (Lipinski definition) is 12. The van der Waals surface area contributed by atoms with E-state index in [2.05, 4.69) is 9.97 Å². The van der Waals surface area contributed by atoms with Crippen LogP contribution in [0.15, 0.2) is 131 Å². The Morgan fingerprint density at radius 3 is 1.22 bits per heavy atom. The summed E-state index contributed by atoms with van der Waals surface area (Å²) in [4.78, 5) is 57.0. The van der Waals surface area contributed by atoms with Crippen LogP contribution in [0.25, 0.3) is 22.5 Å². The van der Waals surface area contributed by atoms with E-state index in [1.54, 1.807) is 83.6 Å². The van der Waals surface area contributed by atoms with Crippen LogP contribution in [0.3, 0.4) is 0 Å². The van der Waals surface area contributed by atoms with Crippen molar-refractivity contribution in [1.82, 2.24) is 19.1 Å². The number of aliphatic carboxylic acids is 2. The van der Waals surface area contributed by atoms with Gasteiger partial charge in [-0.05, 0) is 49.2 Å². The van der Waals surface area contributed by atoms with E-state index in [4.69, 9.17) is 18.9 Å². The first kappa shape index (κ1) is 52.0. The maximum absolute atomic E-state index is 12.7. The standard InChI is InChI=1S/2C25H28N2O5.Ca/c2*1-3-23-26-21(19-8-6-5-7-9-19)17-24(28)27(23)14-15-32-20-12-10-18(11-13-20)16-22(25(29)30)31-4-2;/h2*5-13,17,22H,3-4,14-16H2,1-2H3,(H,29,30);/q;;+2/p-2. The summed E-state index contributed by atoms with van der Waals surface area (Å²) in [5.41, 5.74) is 4.55. The predicted molar refractivity (Wildman–Crippen MR) is 244 cm³/mol. The van der Waals surface area contributed by atoms with Crippen LogP contribution in [-0.2, 0) is 57.8 Å². The Hall–Kier alpha value is -5.64. The number of carbonyl (C=O) groups excluding carboxylic acids is 2. The van der Waals surface area contributed by atoms with E-state index >= 15 is 0 Å². The molecule has 2 aromatic heterocycles. The fourth-order valence-corrected chi connectivity index (χ4v) is 6.84. The van der Waals surface area contributed by atoms with Gasteiger partial charge in [0.05, 0.1) is 36.4 Å². The molecule has 14 nitrogen and oxygen atoms in total. The van der Waals surface area contributed by atoms with Crippen LogP contribution in [0.2, 0.25) is 0 Å². The first-order valence-corrected chi connectivity index (χ1v) is 21.4. The summed E-state index contributed by atoms with van der Waals surface area (Å²) in [6.07, 6.45) is -0.236. The number of aromatic nitrogens is 4. The monoisotopic (exact) mass is 910 g/mol. The Kier molecular flexibility index (Phi) is 21.6. The van der Waals surface area contributed by atoms with Gasteiger partial charge in [-0.2, -0.15) is 0 Å². The molecule has 0 amide bonds. The van der Waals surface area contributed by atoms with Gasteiger partial charge in [0.15, 0.2) is 0 Å². The van der Waals surface area contributed by atoms with Crippen molar-refractivity contribution in [2.24, 2.45) is 0 Å². The molecule has 336 valence electrons. The third-order valence-corrected chi connectivity index (χ3v) is 10.1. The normalized spacial score (nSPS) is 11.6. The van der Waals surface area contributed by atoms with Gasteiger partial charge in [-0.15, -0.1) is 0 Å². The molecule has 2 atom stereocenters. The first-order chi connectivity index (χ1) is 31.0. The Bertz CT molecular complexity index is 2340. The van der Waals surface area contributed by atoms with Crippen molar-refractivity contribution in [3.8, 4) is 34.0 Å². The zero-order valence-electron chi connectivity index (χ0n) is 37.4. The molecule has 0 spiro atoms. The van der Waals surface area contributed by atoms with Gasteiger partial charge in [0.2, 0.25) is 0 Å². The smallest absolute Gasteiger partial charge is 0.547 e. The number of benzene rings is 4. The van der Waals surface area contributed by atoms with Crippen LogP contribution in [0.4, 0.5) is 0 Å². The molecule has 15 heteroatoms. The van der Waals surface area contributed by atoms with Crippen molar-refractivity contribution in [2.45, 2.75) is 78.7 Å². The predicted octanol–water partition coefficient (Wildman–Crippen LogP) is 4.12. The maximum Gasteiger partial charge on any atom is 2.00 e. The van der Waals surface area contributed by atoms with Crippen LogP contribution in [0, 0.1) is 0 Å². The molecular weight excluding hydrogens is 857 g/mol. The molecule has 4 aromatic carbocycles. The number of carboxylic acid groups (broad SMARTS) is 2. The van der Waals surface area contributed by atoms with Gasteiger partial charge in [-0.1, -0.05) is 98.8 Å². The Morgan fingerprint density at radius 1 is 0.554 bits per heavy atom. The quantitative estimate of drug-likeness (QED) is 0.0889. The van der Waals surface area contributed by atoms with E-state index in [0.29, 0.717) is 86.9 Å². The Morgan fingerprint density at radius 2 is 0.908 bits per heavy atom. The molecule has 0 aliphatic heterocycles. The fourth-order valence-electron chi connectivity index (χ4n) is 6.84. The number of nitrogens with zero attached hydrogens (tertiary/aromatic N) is 4. The largest absolute Gasteiger partial charge is 2.00 e. The van der Waals surface area contributed by atoms with Gasteiger partial charge in [0.1, 0.15) is 48.6 Å². The average Bonchev–Trinajstić information content (AvgIpc) is 3.31. The van der Waals surface area contributed by atoms with Crippen LogP contribution in [0.5, 0.6) is 11.5 Å². The third-order valence-electron chi connectivity index (χ3n) is 10.1. The van der Waals surface area contributed by atoms with Gasteiger partial charge in [-0.25, -0.2) is 9.97 Å². The summed E-state index contributed by atoms with van der Waals surface area (Å²) >= 11 is 0. The topological polar surface area (TPSA) is 187 Å². The number of carboxylic acids is 2. The molecule has 0 saturated carbocycles. The summed E-state index contributed by atoms with van der Waals surface area (Å²) < 4.78 is 25.2. The average molecular weight is 911 g/mol. The van der Waals surface area contributed by atoms with Crippen LogP contribution >= 0.6 is 0 Å². The maximum atomic E-state index is 12.7. The zero-order valence-corrected chi connectivity index (χ0v) is 39.6. The van der Waals surface area contributed by atoms with E-state index in [0.717, 1.165) is 22.3 Å². The minimum atomic E-state index is -1.23. The Balaban J connectivity index is 0.000000280. The molecule has 6 aromatic rings. The minimum absolute atomic E-state index is 0. The minimum Gasteiger partial charge on any atom is -0.547 e. The van der Waals surface area contributed by atoms with Crippen molar-refractivity contribution < 1.29 is 38.7 Å². The second-order valence-electron chi connectivity index (χ2n) is 14.5. The molecule has 0 radical (unpaired) electrons. The molecule has 6 rings (SSSR count). The van der Waals surface area contributed by atoms with Crippen LogP contribution in [-0.4, -0.2) is 107 Å². The molecule has 0 bridgehead atoms. The summed E-state index contributed by atoms with van der Waals surface area (Å²) in [5, 5.41) is 22.2. The molecule has 0 N–H and O–H groups in total. The van der Waals surface area contributed by atoms with E-state index in [1.165, 1.54) is 0 Å². The van der Waals surface area contributed by atoms with Crippen molar-refractivity contribution in [3.05, 3.63) is 165 Å². The number of ether oxygens (including phenoxy) is 4.